The van der Waals surface area contributed by atoms with Crippen molar-refractivity contribution in [2.45, 2.75) is 57.2 Å². The first-order valence-corrected chi connectivity index (χ1v) is 12.9. The minimum atomic E-state index is -0.320. The fourth-order valence-corrected chi connectivity index (χ4v) is 4.85. The van der Waals surface area contributed by atoms with Crippen LogP contribution in [0.2, 0.25) is 5.02 Å². The standard InChI is InChI=1S/C25H32ClN3O2S/c1-2-3-4-5-6-7-13-27-24(30)19-11-12-21-22(15-19)29-25(31)23(28-21)17-32-16-18-9-8-10-20(26)14-18/h8-12,14-15,23,28H,2-7,13,16-17H2,1H3,(H,27,30)(H,29,31). The average molecular weight is 474 g/mol. The Morgan fingerprint density at radius 3 is 2.69 bits per heavy atom. The number of hydrogen-bond donors (Lipinski definition) is 3. The summed E-state index contributed by atoms with van der Waals surface area (Å²) < 4.78 is 0. The number of nitrogens with one attached hydrogen (secondary N) is 3. The second-order valence-electron chi connectivity index (χ2n) is 8.12. The summed E-state index contributed by atoms with van der Waals surface area (Å²) in [7, 11) is 0. The van der Waals surface area contributed by atoms with E-state index in [0.29, 0.717) is 23.5 Å². The number of unbranched alkanes of at least 4 members (excludes halogenated alkanes) is 5. The lowest BCUT2D eigenvalue weighted by Crippen LogP contribution is -2.40. The third-order valence-corrected chi connectivity index (χ3v) is 6.79. The highest BCUT2D eigenvalue weighted by atomic mass is 35.5. The summed E-state index contributed by atoms with van der Waals surface area (Å²) in [6.07, 6.45) is 7.14. The van der Waals surface area contributed by atoms with Gasteiger partial charge in [0.2, 0.25) is 5.91 Å². The van der Waals surface area contributed by atoms with Crippen molar-refractivity contribution in [3.63, 3.8) is 0 Å². The molecule has 2 aromatic carbocycles. The maximum Gasteiger partial charge on any atom is 0.251 e. The van der Waals surface area contributed by atoms with E-state index >= 15 is 0 Å². The molecule has 1 unspecified atom stereocenters. The van der Waals surface area contributed by atoms with E-state index in [2.05, 4.69) is 22.9 Å². The lowest BCUT2D eigenvalue weighted by molar-refractivity contribution is -0.116. The highest BCUT2D eigenvalue weighted by Crippen LogP contribution is 2.29. The predicted molar refractivity (Wildman–Crippen MR) is 136 cm³/mol. The molecule has 0 aliphatic carbocycles. The third-order valence-electron chi connectivity index (χ3n) is 5.44. The van der Waals surface area contributed by atoms with Gasteiger partial charge in [0, 0.05) is 28.6 Å². The molecule has 5 nitrogen and oxygen atoms in total. The number of fused-ring (bicyclic) bond motifs is 1. The summed E-state index contributed by atoms with van der Waals surface area (Å²) in [5, 5.41) is 9.94. The van der Waals surface area contributed by atoms with Gasteiger partial charge in [0.15, 0.2) is 0 Å². The molecule has 1 heterocycles. The van der Waals surface area contributed by atoms with Gasteiger partial charge in [-0.2, -0.15) is 11.8 Å². The number of anilines is 2. The van der Waals surface area contributed by atoms with Gasteiger partial charge in [-0.1, -0.05) is 62.8 Å². The molecule has 1 aliphatic heterocycles. The van der Waals surface area contributed by atoms with Crippen LogP contribution in [0.4, 0.5) is 11.4 Å². The van der Waals surface area contributed by atoms with E-state index < -0.39 is 0 Å². The second kappa shape index (κ2) is 12.8. The lowest BCUT2D eigenvalue weighted by Gasteiger charge is -2.27. The van der Waals surface area contributed by atoms with Crippen LogP contribution in [0.15, 0.2) is 42.5 Å². The van der Waals surface area contributed by atoms with Crippen LogP contribution in [-0.4, -0.2) is 30.2 Å². The number of carbonyl (C=O) groups excluding carboxylic acids is 2. The molecular weight excluding hydrogens is 442 g/mol. The molecule has 0 radical (unpaired) electrons. The first-order valence-electron chi connectivity index (χ1n) is 11.4. The number of hydrogen-bond acceptors (Lipinski definition) is 4. The molecule has 2 aromatic rings. The zero-order valence-electron chi connectivity index (χ0n) is 18.6. The minimum Gasteiger partial charge on any atom is -0.371 e. The molecule has 2 amide bonds. The van der Waals surface area contributed by atoms with E-state index in [1.807, 2.05) is 30.3 Å². The molecule has 0 saturated heterocycles. The number of amides is 2. The van der Waals surface area contributed by atoms with Crippen molar-refractivity contribution in [3.8, 4) is 0 Å². The Balaban J connectivity index is 1.45. The highest BCUT2D eigenvalue weighted by molar-refractivity contribution is 7.98. The van der Waals surface area contributed by atoms with Gasteiger partial charge in [-0.25, -0.2) is 0 Å². The van der Waals surface area contributed by atoms with Crippen molar-refractivity contribution in [2.75, 3.05) is 22.9 Å². The predicted octanol–water partition coefficient (Wildman–Crippen LogP) is 6.10. The molecule has 0 spiro atoms. The molecule has 3 N–H and O–H groups in total. The van der Waals surface area contributed by atoms with Crippen LogP contribution in [0.3, 0.4) is 0 Å². The quantitative estimate of drug-likeness (QED) is 0.326. The first-order chi connectivity index (χ1) is 15.6. The topological polar surface area (TPSA) is 70.2 Å². The molecule has 1 aliphatic rings. The third kappa shape index (κ3) is 7.45. The van der Waals surface area contributed by atoms with E-state index in [9.17, 15) is 9.59 Å². The Morgan fingerprint density at radius 1 is 1.06 bits per heavy atom. The summed E-state index contributed by atoms with van der Waals surface area (Å²) in [6.45, 7) is 2.89. The molecular formula is C25H32ClN3O2S. The number of thioether (sulfide) groups is 1. The van der Waals surface area contributed by atoms with E-state index in [1.54, 1.807) is 23.9 Å². The molecule has 0 saturated carbocycles. The van der Waals surface area contributed by atoms with Crippen LogP contribution in [-0.2, 0) is 10.5 Å². The normalized spacial score (nSPS) is 14.9. The fraction of sp³-hybridized carbons (Fsp3) is 0.440. The van der Waals surface area contributed by atoms with Gasteiger partial charge < -0.3 is 16.0 Å². The van der Waals surface area contributed by atoms with Gasteiger partial charge in [0.1, 0.15) is 6.04 Å². The molecule has 0 fully saturated rings. The smallest absolute Gasteiger partial charge is 0.251 e. The summed E-state index contributed by atoms with van der Waals surface area (Å²) >= 11 is 7.71. The first kappa shape index (κ1) is 24.5. The van der Waals surface area contributed by atoms with Crippen molar-refractivity contribution >= 4 is 46.6 Å². The van der Waals surface area contributed by atoms with Crippen molar-refractivity contribution in [2.24, 2.45) is 0 Å². The van der Waals surface area contributed by atoms with E-state index in [1.165, 1.54) is 25.7 Å². The Morgan fingerprint density at radius 2 is 1.88 bits per heavy atom. The largest absolute Gasteiger partial charge is 0.371 e. The van der Waals surface area contributed by atoms with E-state index in [0.717, 1.165) is 34.9 Å². The maximum absolute atomic E-state index is 12.5. The van der Waals surface area contributed by atoms with Gasteiger partial charge in [0.25, 0.3) is 5.91 Å². The van der Waals surface area contributed by atoms with Crippen LogP contribution in [0.25, 0.3) is 0 Å². The van der Waals surface area contributed by atoms with Gasteiger partial charge in [-0.3, -0.25) is 9.59 Å². The molecule has 0 bridgehead atoms. The van der Waals surface area contributed by atoms with Crippen molar-refractivity contribution in [3.05, 3.63) is 58.6 Å². The molecule has 32 heavy (non-hydrogen) atoms. The fourth-order valence-electron chi connectivity index (χ4n) is 3.64. The van der Waals surface area contributed by atoms with Crippen LogP contribution >= 0.6 is 23.4 Å². The van der Waals surface area contributed by atoms with Gasteiger partial charge >= 0.3 is 0 Å². The summed E-state index contributed by atoms with van der Waals surface area (Å²) in [6, 6.07) is 12.8. The Hall–Kier alpha value is -2.18. The Bertz CT molecular complexity index is 922. The molecule has 1 atom stereocenters. The zero-order valence-corrected chi connectivity index (χ0v) is 20.2. The van der Waals surface area contributed by atoms with Crippen LogP contribution < -0.4 is 16.0 Å². The van der Waals surface area contributed by atoms with Crippen LogP contribution in [0, 0.1) is 0 Å². The number of carbonyl (C=O) groups is 2. The average Bonchev–Trinajstić information content (AvgIpc) is 2.78. The second-order valence-corrected chi connectivity index (χ2v) is 9.58. The Labute approximate surface area is 200 Å². The van der Waals surface area contributed by atoms with Crippen molar-refractivity contribution in [1.82, 2.24) is 5.32 Å². The van der Waals surface area contributed by atoms with Crippen LogP contribution in [0.5, 0.6) is 0 Å². The zero-order chi connectivity index (χ0) is 22.8. The van der Waals surface area contributed by atoms with E-state index in [4.69, 9.17) is 11.6 Å². The van der Waals surface area contributed by atoms with Crippen molar-refractivity contribution in [1.29, 1.82) is 0 Å². The van der Waals surface area contributed by atoms with Gasteiger partial charge in [-0.05, 0) is 42.3 Å². The minimum absolute atomic E-state index is 0.0827. The van der Waals surface area contributed by atoms with Gasteiger partial charge in [0.05, 0.1) is 11.4 Å². The highest BCUT2D eigenvalue weighted by Gasteiger charge is 2.26. The number of benzene rings is 2. The summed E-state index contributed by atoms with van der Waals surface area (Å²) in [5.74, 6) is 1.24. The molecule has 0 aromatic heterocycles. The Kier molecular flexibility index (Phi) is 9.75. The lowest BCUT2D eigenvalue weighted by atomic mass is 10.1. The molecule has 7 heteroatoms. The number of rotatable bonds is 12. The number of halogens is 1. The summed E-state index contributed by atoms with van der Waals surface area (Å²) in [4.78, 5) is 25.0. The monoisotopic (exact) mass is 473 g/mol. The molecule has 3 rings (SSSR count). The molecule has 172 valence electrons. The SMILES string of the molecule is CCCCCCCCNC(=O)c1ccc2c(c1)NC(=O)C(CSCc1cccc(Cl)c1)N2. The van der Waals surface area contributed by atoms with Gasteiger partial charge in [-0.15, -0.1) is 0 Å². The summed E-state index contributed by atoms with van der Waals surface area (Å²) in [5.41, 5.74) is 3.19. The maximum atomic E-state index is 12.5. The van der Waals surface area contributed by atoms with E-state index in [-0.39, 0.29) is 17.9 Å². The van der Waals surface area contributed by atoms with Crippen LogP contribution in [0.1, 0.15) is 61.4 Å². The van der Waals surface area contributed by atoms with Crippen molar-refractivity contribution < 1.29 is 9.59 Å².